The van der Waals surface area contributed by atoms with E-state index in [-0.39, 0.29) is 17.7 Å². The van der Waals surface area contributed by atoms with Crippen LogP contribution in [0.1, 0.15) is 5.56 Å². The summed E-state index contributed by atoms with van der Waals surface area (Å²) in [6.45, 7) is -0.176. The van der Waals surface area contributed by atoms with Gasteiger partial charge in [-0.3, -0.25) is 9.59 Å². The predicted octanol–water partition coefficient (Wildman–Crippen LogP) is 4.55. The first-order valence-corrected chi connectivity index (χ1v) is 10.6. The molecule has 0 saturated heterocycles. The highest BCUT2D eigenvalue weighted by molar-refractivity contribution is 9.10. The van der Waals surface area contributed by atoms with Gasteiger partial charge in [-0.25, -0.2) is 0 Å². The molecule has 0 atom stereocenters. The highest BCUT2D eigenvalue weighted by Gasteiger charge is 2.20. The van der Waals surface area contributed by atoms with Crippen LogP contribution in [0.3, 0.4) is 0 Å². The van der Waals surface area contributed by atoms with Crippen molar-refractivity contribution in [1.82, 2.24) is 0 Å². The summed E-state index contributed by atoms with van der Waals surface area (Å²) in [5.41, 5.74) is 6.94. The molecule has 1 heterocycles. The Kier molecular flexibility index (Phi) is 5.87. The number of carbonyl (C=O) groups is 2. The van der Waals surface area contributed by atoms with Gasteiger partial charge in [0.25, 0.3) is 11.8 Å². The maximum Gasteiger partial charge on any atom is 0.286 e. The van der Waals surface area contributed by atoms with Gasteiger partial charge in [-0.1, -0.05) is 46.3 Å². The molecule has 1 aliphatic rings. The molecule has 0 saturated carbocycles. The predicted molar refractivity (Wildman–Crippen MR) is 124 cm³/mol. The fourth-order valence-electron chi connectivity index (χ4n) is 2.94. The van der Waals surface area contributed by atoms with Crippen LogP contribution in [0.15, 0.2) is 75.0 Å². The van der Waals surface area contributed by atoms with Crippen LogP contribution in [-0.4, -0.2) is 23.6 Å². The van der Waals surface area contributed by atoms with Crippen molar-refractivity contribution in [2.75, 3.05) is 11.9 Å². The van der Waals surface area contributed by atoms with E-state index in [0.29, 0.717) is 21.9 Å². The number of nitrogens with one attached hydrogen (secondary N) is 1. The molecule has 0 spiro atoms. The van der Waals surface area contributed by atoms with Crippen LogP contribution in [-0.2, 0) is 9.59 Å². The summed E-state index contributed by atoms with van der Waals surface area (Å²) in [4.78, 5) is 28.4. The number of halogens is 1. The third kappa shape index (κ3) is 4.72. The summed E-state index contributed by atoms with van der Waals surface area (Å²) in [7, 11) is 0. The number of anilines is 1. The van der Waals surface area contributed by atoms with Crippen LogP contribution in [0.5, 0.6) is 5.75 Å². The largest absolute Gasteiger partial charge is 0.483 e. The van der Waals surface area contributed by atoms with E-state index >= 15 is 0 Å². The van der Waals surface area contributed by atoms with Gasteiger partial charge in [0.15, 0.2) is 11.8 Å². The van der Waals surface area contributed by atoms with Crippen molar-refractivity contribution in [3.63, 3.8) is 0 Å². The van der Waals surface area contributed by atoms with E-state index in [2.05, 4.69) is 26.2 Å². The summed E-state index contributed by atoms with van der Waals surface area (Å²) < 4.78 is 6.53. The Morgan fingerprint density at radius 3 is 2.70 bits per heavy atom. The molecule has 30 heavy (non-hydrogen) atoms. The molecule has 0 radical (unpaired) electrons. The summed E-state index contributed by atoms with van der Waals surface area (Å²) in [5.74, 6) is -0.207. The lowest BCUT2D eigenvalue weighted by molar-refractivity contribution is -0.118. The maximum absolute atomic E-state index is 12.4. The molecule has 0 aromatic heterocycles. The number of fused-ring (bicyclic) bond motifs is 1. The molecule has 150 valence electrons. The van der Waals surface area contributed by atoms with Crippen molar-refractivity contribution in [2.45, 2.75) is 0 Å². The Morgan fingerprint density at radius 2 is 1.93 bits per heavy atom. The monoisotopic (exact) mass is 481 g/mol. The van der Waals surface area contributed by atoms with Crippen molar-refractivity contribution >= 4 is 67.2 Å². The topological polar surface area (TPSA) is 93.8 Å². The van der Waals surface area contributed by atoms with Gasteiger partial charge in [-0.15, -0.1) is 0 Å². The second-order valence-corrected chi connectivity index (χ2v) is 8.42. The van der Waals surface area contributed by atoms with Gasteiger partial charge in [-0.05, 0) is 58.9 Å². The highest BCUT2D eigenvalue weighted by Crippen LogP contribution is 2.31. The highest BCUT2D eigenvalue weighted by atomic mass is 79.9. The first-order chi connectivity index (χ1) is 14.5. The van der Waals surface area contributed by atoms with Crippen molar-refractivity contribution < 1.29 is 14.3 Å². The zero-order valence-corrected chi connectivity index (χ0v) is 18.0. The number of thioether (sulfide) groups is 1. The molecular weight excluding hydrogens is 466 g/mol. The first kappa shape index (κ1) is 20.2. The molecule has 4 rings (SSSR count). The number of amidine groups is 1. The number of ether oxygens (including phenoxy) is 1. The fourth-order valence-corrected chi connectivity index (χ4v) is 3.99. The third-order valence-corrected chi connectivity index (χ3v) is 5.59. The molecule has 6 nitrogen and oxygen atoms in total. The van der Waals surface area contributed by atoms with Gasteiger partial charge >= 0.3 is 0 Å². The average Bonchev–Trinajstić information content (AvgIpc) is 3.04. The fraction of sp³-hybridized carbons (Fsp3) is 0.0455. The van der Waals surface area contributed by atoms with Crippen molar-refractivity contribution in [3.8, 4) is 5.75 Å². The van der Waals surface area contributed by atoms with Crippen LogP contribution in [0.4, 0.5) is 5.69 Å². The van der Waals surface area contributed by atoms with E-state index in [1.807, 2.05) is 42.5 Å². The number of rotatable bonds is 5. The van der Waals surface area contributed by atoms with Crippen LogP contribution in [0.2, 0.25) is 0 Å². The number of nitrogens with zero attached hydrogens (tertiary/aromatic N) is 1. The minimum Gasteiger partial charge on any atom is -0.483 e. The Hall–Kier alpha value is -3.10. The van der Waals surface area contributed by atoms with Gasteiger partial charge in [-0.2, -0.15) is 4.99 Å². The Morgan fingerprint density at radius 1 is 1.13 bits per heavy atom. The average molecular weight is 482 g/mol. The van der Waals surface area contributed by atoms with Crippen molar-refractivity contribution in [2.24, 2.45) is 10.7 Å². The van der Waals surface area contributed by atoms with Gasteiger partial charge in [0.2, 0.25) is 0 Å². The normalized spacial score (nSPS) is 14.8. The molecular formula is C22H16BrN3O3S. The summed E-state index contributed by atoms with van der Waals surface area (Å²) in [6, 6.07) is 19.0. The lowest BCUT2D eigenvalue weighted by Crippen LogP contribution is -2.20. The number of hydrogen-bond acceptors (Lipinski definition) is 5. The van der Waals surface area contributed by atoms with E-state index < -0.39 is 5.91 Å². The molecule has 2 amide bonds. The number of aliphatic imine (C=N–C) groups is 1. The van der Waals surface area contributed by atoms with Crippen LogP contribution in [0, 0.1) is 0 Å². The van der Waals surface area contributed by atoms with Gasteiger partial charge in [0, 0.05) is 15.7 Å². The van der Waals surface area contributed by atoms with E-state index in [4.69, 9.17) is 10.5 Å². The molecule has 3 aromatic carbocycles. The van der Waals surface area contributed by atoms with E-state index in [9.17, 15) is 9.59 Å². The zero-order valence-electron chi connectivity index (χ0n) is 15.6. The summed E-state index contributed by atoms with van der Waals surface area (Å²) >= 11 is 4.51. The molecule has 3 aromatic rings. The first-order valence-electron chi connectivity index (χ1n) is 8.97. The molecule has 3 N–H and O–H groups in total. The third-order valence-electron chi connectivity index (χ3n) is 4.29. The molecule has 8 heteroatoms. The van der Waals surface area contributed by atoms with Gasteiger partial charge in [0.1, 0.15) is 5.75 Å². The lowest BCUT2D eigenvalue weighted by atomic mass is 10.1. The standard InChI is InChI=1S/C22H16BrN3O3S/c23-16-6-8-18(15(9-16)11-19-21(28)26-22(24)30-19)29-12-20(27)25-17-7-5-13-3-1-2-4-14(13)10-17/h1-11H,12H2,(H,25,27)(H2,24,26,28). The minimum atomic E-state index is -0.391. The quantitative estimate of drug-likeness (QED) is 0.521. The smallest absolute Gasteiger partial charge is 0.286 e. The summed E-state index contributed by atoms with van der Waals surface area (Å²) in [5, 5.41) is 5.19. The Bertz CT molecular complexity index is 1220. The van der Waals surface area contributed by atoms with Gasteiger partial charge < -0.3 is 15.8 Å². The second-order valence-electron chi connectivity index (χ2n) is 6.45. The Labute approximate surface area is 185 Å². The van der Waals surface area contributed by atoms with Gasteiger partial charge in [0.05, 0.1) is 4.91 Å². The number of amides is 2. The Balaban J connectivity index is 1.46. The van der Waals surface area contributed by atoms with E-state index in [1.54, 1.807) is 24.3 Å². The SMILES string of the molecule is NC1=NC(=O)C(=Cc2cc(Br)ccc2OCC(=O)Nc2ccc3ccccc3c2)S1. The molecule has 0 bridgehead atoms. The number of benzene rings is 3. The van der Waals surface area contributed by atoms with Crippen LogP contribution in [0.25, 0.3) is 16.8 Å². The molecule has 0 unspecified atom stereocenters. The van der Waals surface area contributed by atoms with Crippen LogP contribution >= 0.6 is 27.7 Å². The number of carbonyl (C=O) groups excluding carboxylic acids is 2. The zero-order chi connectivity index (χ0) is 21.1. The number of nitrogens with two attached hydrogens (primary N) is 1. The van der Waals surface area contributed by atoms with Crippen LogP contribution < -0.4 is 15.8 Å². The molecule has 1 aliphatic heterocycles. The number of hydrogen-bond donors (Lipinski definition) is 2. The molecule has 0 fully saturated rings. The minimum absolute atomic E-state index is 0.176. The van der Waals surface area contributed by atoms with Crippen molar-refractivity contribution in [1.29, 1.82) is 0 Å². The van der Waals surface area contributed by atoms with Crippen molar-refractivity contribution in [3.05, 3.63) is 75.6 Å². The summed E-state index contributed by atoms with van der Waals surface area (Å²) in [6.07, 6.45) is 1.65. The molecule has 0 aliphatic carbocycles. The maximum atomic E-state index is 12.4. The van der Waals surface area contributed by atoms with E-state index in [1.165, 1.54) is 0 Å². The lowest BCUT2D eigenvalue weighted by Gasteiger charge is -2.11. The second kappa shape index (κ2) is 8.73. The van der Waals surface area contributed by atoms with E-state index in [0.717, 1.165) is 27.0 Å².